The normalized spacial score (nSPS) is 11.2. The lowest BCUT2D eigenvalue weighted by Gasteiger charge is -2.11. The molecule has 144 valence electrons. The van der Waals surface area contributed by atoms with Crippen molar-refractivity contribution in [1.82, 2.24) is 5.32 Å². The second kappa shape index (κ2) is 8.57. The van der Waals surface area contributed by atoms with Crippen LogP contribution in [0.5, 0.6) is 0 Å². The predicted octanol–water partition coefficient (Wildman–Crippen LogP) is 4.62. The van der Waals surface area contributed by atoms with Crippen molar-refractivity contribution in [2.45, 2.75) is 26.6 Å². The minimum atomic E-state index is -4.42. The summed E-state index contributed by atoms with van der Waals surface area (Å²) < 4.78 is 37.6. The summed E-state index contributed by atoms with van der Waals surface area (Å²) in [4.78, 5) is 23.6. The van der Waals surface area contributed by atoms with Gasteiger partial charge in [0.15, 0.2) is 0 Å². The molecule has 2 aromatic rings. The molecule has 0 atom stereocenters. The molecule has 0 aromatic heterocycles. The Kier molecular flexibility index (Phi) is 6.44. The Bertz CT molecular complexity index is 803. The Morgan fingerprint density at radius 3 is 2.22 bits per heavy atom. The Morgan fingerprint density at radius 1 is 0.963 bits per heavy atom. The molecule has 0 aliphatic rings. The molecule has 3 N–H and O–H groups in total. The van der Waals surface area contributed by atoms with Crippen molar-refractivity contribution < 1.29 is 22.8 Å². The van der Waals surface area contributed by atoms with E-state index in [9.17, 15) is 22.8 Å². The van der Waals surface area contributed by atoms with Crippen LogP contribution in [-0.4, -0.2) is 11.9 Å². The summed E-state index contributed by atoms with van der Waals surface area (Å²) in [6.45, 7) is 3.76. The first kappa shape index (κ1) is 20.3. The first-order valence-electron chi connectivity index (χ1n) is 8.27. The second-order valence-corrected chi connectivity index (χ2v) is 6.23. The number of hydrogen-bond acceptors (Lipinski definition) is 2. The zero-order chi connectivity index (χ0) is 20.0. The molecule has 0 unspecified atom stereocenters. The van der Waals surface area contributed by atoms with Crippen LogP contribution in [0, 0.1) is 5.92 Å². The largest absolute Gasteiger partial charge is 0.416 e. The van der Waals surface area contributed by atoms with Crippen molar-refractivity contribution in [3.8, 4) is 0 Å². The minimum Gasteiger partial charge on any atom is -0.334 e. The summed E-state index contributed by atoms with van der Waals surface area (Å²) >= 11 is 0. The third-order valence-corrected chi connectivity index (χ3v) is 3.64. The van der Waals surface area contributed by atoms with Gasteiger partial charge in [-0.1, -0.05) is 26.0 Å². The highest BCUT2D eigenvalue weighted by Crippen LogP contribution is 2.29. The highest BCUT2D eigenvalue weighted by Gasteiger charge is 2.29. The molecule has 2 rings (SSSR count). The van der Waals surface area contributed by atoms with E-state index >= 15 is 0 Å². The summed E-state index contributed by atoms with van der Waals surface area (Å²) in [5, 5.41) is 7.84. The molecule has 0 fully saturated rings. The molecule has 5 nitrogen and oxygen atoms in total. The molecule has 0 spiro atoms. The first-order valence-corrected chi connectivity index (χ1v) is 8.27. The maximum absolute atomic E-state index is 12.5. The number of hydrogen-bond donors (Lipinski definition) is 3. The minimum absolute atomic E-state index is 0.111. The van der Waals surface area contributed by atoms with Crippen LogP contribution in [0.2, 0.25) is 0 Å². The predicted molar refractivity (Wildman–Crippen MR) is 97.2 cm³/mol. The summed E-state index contributed by atoms with van der Waals surface area (Å²) in [5.41, 5.74) is 0.849. The van der Waals surface area contributed by atoms with E-state index in [2.05, 4.69) is 16.0 Å². The number of alkyl halides is 3. The summed E-state index contributed by atoms with van der Waals surface area (Å²) in [5.74, 6) is -0.263. The number of benzene rings is 2. The fourth-order valence-corrected chi connectivity index (χ4v) is 2.15. The molecule has 27 heavy (non-hydrogen) atoms. The quantitative estimate of drug-likeness (QED) is 0.709. The number of carbonyl (C=O) groups is 2. The average molecular weight is 379 g/mol. The lowest BCUT2D eigenvalue weighted by molar-refractivity contribution is -0.137. The van der Waals surface area contributed by atoms with Gasteiger partial charge < -0.3 is 16.0 Å². The summed E-state index contributed by atoms with van der Waals surface area (Å²) in [6.07, 6.45) is -4.42. The van der Waals surface area contributed by atoms with Crippen molar-refractivity contribution >= 4 is 23.3 Å². The van der Waals surface area contributed by atoms with Crippen LogP contribution in [-0.2, 0) is 17.5 Å². The third-order valence-electron chi connectivity index (χ3n) is 3.64. The molecule has 0 aliphatic carbocycles. The lowest BCUT2D eigenvalue weighted by Crippen LogP contribution is -2.28. The van der Waals surface area contributed by atoms with Gasteiger partial charge >= 0.3 is 12.2 Å². The van der Waals surface area contributed by atoms with Crippen LogP contribution in [0.1, 0.15) is 25.0 Å². The topological polar surface area (TPSA) is 70.2 Å². The van der Waals surface area contributed by atoms with E-state index < -0.39 is 17.8 Å². The molecule has 8 heteroatoms. The molecule has 0 bridgehead atoms. The molecule has 0 saturated heterocycles. The number of rotatable bonds is 5. The fourth-order valence-electron chi connectivity index (χ4n) is 2.15. The number of amides is 3. The molecular weight excluding hydrogens is 359 g/mol. The van der Waals surface area contributed by atoms with Gasteiger partial charge in [0.2, 0.25) is 5.91 Å². The van der Waals surface area contributed by atoms with E-state index in [0.29, 0.717) is 5.69 Å². The number of anilines is 2. The zero-order valence-electron chi connectivity index (χ0n) is 14.9. The summed E-state index contributed by atoms with van der Waals surface area (Å²) in [7, 11) is 0. The highest BCUT2D eigenvalue weighted by atomic mass is 19.4. The van der Waals surface area contributed by atoms with Gasteiger partial charge in [0.1, 0.15) is 0 Å². The standard InChI is InChI=1S/C19H20F3N3O2/c1-12(2)17(26)24-16-5-3-4-13(10-16)11-23-18(27)25-15-8-6-14(7-9-15)19(20,21)22/h3-10,12H,11H2,1-2H3,(H,24,26)(H2,23,25,27). The van der Waals surface area contributed by atoms with Gasteiger partial charge in [0.25, 0.3) is 0 Å². The fraction of sp³-hybridized carbons (Fsp3) is 0.263. The van der Waals surface area contributed by atoms with Crippen molar-refractivity contribution in [2.24, 2.45) is 5.92 Å². The number of urea groups is 1. The van der Waals surface area contributed by atoms with E-state index in [-0.39, 0.29) is 24.1 Å². The molecule has 0 heterocycles. The van der Waals surface area contributed by atoms with Crippen LogP contribution in [0.25, 0.3) is 0 Å². The molecule has 2 aromatic carbocycles. The molecule has 0 aliphatic heterocycles. The van der Waals surface area contributed by atoms with Crippen molar-refractivity contribution in [3.63, 3.8) is 0 Å². The molecule has 0 radical (unpaired) electrons. The van der Waals surface area contributed by atoms with Crippen molar-refractivity contribution in [1.29, 1.82) is 0 Å². The Labute approximate surface area is 155 Å². The van der Waals surface area contributed by atoms with E-state index in [0.717, 1.165) is 17.7 Å². The third kappa shape index (κ3) is 6.32. The van der Waals surface area contributed by atoms with E-state index in [1.54, 1.807) is 38.1 Å². The van der Waals surface area contributed by atoms with E-state index in [4.69, 9.17) is 0 Å². The molecule has 0 saturated carbocycles. The first-order chi connectivity index (χ1) is 12.6. The summed E-state index contributed by atoms with van der Waals surface area (Å²) in [6, 6.07) is 10.6. The van der Waals surface area contributed by atoms with E-state index in [1.165, 1.54) is 12.1 Å². The molecular formula is C19H20F3N3O2. The van der Waals surface area contributed by atoms with Gasteiger partial charge in [0, 0.05) is 23.8 Å². The maximum Gasteiger partial charge on any atom is 0.416 e. The highest BCUT2D eigenvalue weighted by molar-refractivity contribution is 5.92. The van der Waals surface area contributed by atoms with Crippen molar-refractivity contribution in [2.75, 3.05) is 10.6 Å². The maximum atomic E-state index is 12.5. The number of halogens is 3. The van der Waals surface area contributed by atoms with E-state index in [1.807, 2.05) is 0 Å². The Balaban J connectivity index is 1.89. The van der Waals surface area contributed by atoms with Crippen LogP contribution < -0.4 is 16.0 Å². The zero-order valence-corrected chi connectivity index (χ0v) is 14.9. The monoisotopic (exact) mass is 379 g/mol. The van der Waals surface area contributed by atoms with Crippen LogP contribution >= 0.6 is 0 Å². The van der Waals surface area contributed by atoms with Gasteiger partial charge in [-0.05, 0) is 42.0 Å². The lowest BCUT2D eigenvalue weighted by atomic mass is 10.1. The van der Waals surface area contributed by atoms with Crippen molar-refractivity contribution in [3.05, 3.63) is 59.7 Å². The smallest absolute Gasteiger partial charge is 0.334 e. The Morgan fingerprint density at radius 2 is 1.63 bits per heavy atom. The van der Waals surface area contributed by atoms with Gasteiger partial charge in [-0.3, -0.25) is 4.79 Å². The number of carbonyl (C=O) groups excluding carboxylic acids is 2. The van der Waals surface area contributed by atoms with Gasteiger partial charge in [0.05, 0.1) is 5.56 Å². The average Bonchev–Trinajstić information content (AvgIpc) is 2.60. The van der Waals surface area contributed by atoms with Gasteiger partial charge in [-0.2, -0.15) is 13.2 Å². The van der Waals surface area contributed by atoms with Crippen LogP contribution in [0.3, 0.4) is 0 Å². The second-order valence-electron chi connectivity index (χ2n) is 6.23. The number of nitrogens with one attached hydrogen (secondary N) is 3. The molecule has 3 amide bonds. The Hall–Kier alpha value is -3.03. The SMILES string of the molecule is CC(C)C(=O)Nc1cccc(CNC(=O)Nc2ccc(C(F)(F)F)cc2)c1. The van der Waals surface area contributed by atoms with Crippen LogP contribution in [0.4, 0.5) is 29.3 Å². The van der Waals surface area contributed by atoms with Crippen LogP contribution in [0.15, 0.2) is 48.5 Å². The van der Waals surface area contributed by atoms with Gasteiger partial charge in [-0.15, -0.1) is 0 Å². The van der Waals surface area contributed by atoms with Gasteiger partial charge in [-0.25, -0.2) is 4.79 Å².